The highest BCUT2D eigenvalue weighted by Gasteiger charge is 2.41. The number of aromatic nitrogens is 4. The van der Waals surface area contributed by atoms with Crippen molar-refractivity contribution in [2.75, 3.05) is 37.4 Å². The molecule has 0 radical (unpaired) electrons. The van der Waals surface area contributed by atoms with E-state index in [-0.39, 0.29) is 58.1 Å². The van der Waals surface area contributed by atoms with Gasteiger partial charge in [0.25, 0.3) is 5.91 Å². The van der Waals surface area contributed by atoms with Crippen LogP contribution in [0.3, 0.4) is 0 Å². The maximum Gasteiger partial charge on any atom is 0.420 e. The lowest BCUT2D eigenvalue weighted by Crippen LogP contribution is -2.52. The van der Waals surface area contributed by atoms with Crippen molar-refractivity contribution in [3.05, 3.63) is 39.8 Å². The van der Waals surface area contributed by atoms with Gasteiger partial charge in [0, 0.05) is 38.2 Å². The summed E-state index contributed by atoms with van der Waals surface area (Å²) in [6, 6.07) is 0.848. The van der Waals surface area contributed by atoms with Gasteiger partial charge in [-0.05, 0) is 18.9 Å². The van der Waals surface area contributed by atoms with E-state index in [1.165, 1.54) is 4.90 Å². The first-order valence-electron chi connectivity index (χ1n) is 13.2. The molecule has 1 saturated heterocycles. The zero-order valence-electron chi connectivity index (χ0n) is 21.5. The van der Waals surface area contributed by atoms with E-state index < -0.39 is 33.2 Å². The number of carbonyl (C=O) groups excluding carboxylic acids is 1. The van der Waals surface area contributed by atoms with Crippen LogP contribution >= 0.6 is 11.3 Å². The number of alkyl halides is 3. The molecule has 0 unspecified atom stereocenters. The van der Waals surface area contributed by atoms with Crippen LogP contribution in [0.5, 0.6) is 0 Å². The van der Waals surface area contributed by atoms with E-state index in [1.54, 1.807) is 0 Å². The summed E-state index contributed by atoms with van der Waals surface area (Å²) in [6.07, 6.45) is -1.64. The topological polar surface area (TPSA) is 139 Å². The summed E-state index contributed by atoms with van der Waals surface area (Å²) in [4.78, 5) is 31.9. The fourth-order valence-corrected chi connectivity index (χ4v) is 8.05. The van der Waals surface area contributed by atoms with Crippen molar-refractivity contribution < 1.29 is 31.1 Å². The molecular weight excluding hydrogens is 583 g/mol. The first kappa shape index (κ1) is 26.7. The molecule has 3 aromatic heterocycles. The Morgan fingerprint density at radius 1 is 1.15 bits per heavy atom. The lowest BCUT2D eigenvalue weighted by atomic mass is 10.1. The maximum atomic E-state index is 14.1. The van der Waals surface area contributed by atoms with E-state index in [1.807, 2.05) is 0 Å². The van der Waals surface area contributed by atoms with E-state index in [0.29, 0.717) is 36.3 Å². The molecule has 0 aromatic carbocycles. The van der Waals surface area contributed by atoms with Gasteiger partial charge in [-0.25, -0.2) is 23.4 Å². The first-order chi connectivity index (χ1) is 19.6. The number of anilines is 2. The molecule has 1 amide bonds. The summed E-state index contributed by atoms with van der Waals surface area (Å²) in [6.45, 7) is 1.88. The summed E-state index contributed by atoms with van der Waals surface area (Å²) in [7, 11) is -3.93. The molecule has 6 heterocycles. The van der Waals surface area contributed by atoms with Gasteiger partial charge in [0.2, 0.25) is 5.95 Å². The van der Waals surface area contributed by atoms with E-state index in [4.69, 9.17) is 14.7 Å². The van der Waals surface area contributed by atoms with Gasteiger partial charge in [-0.15, -0.1) is 11.3 Å². The van der Waals surface area contributed by atoms with Crippen LogP contribution in [0, 0.1) is 0 Å². The third-order valence-corrected chi connectivity index (χ3v) is 10.6. The molecule has 1 saturated carbocycles. The molecule has 1 aliphatic carbocycles. The predicted molar refractivity (Wildman–Crippen MR) is 141 cm³/mol. The van der Waals surface area contributed by atoms with Crippen molar-refractivity contribution in [3.8, 4) is 10.6 Å². The Kier molecular flexibility index (Phi) is 6.29. The van der Waals surface area contributed by atoms with Crippen molar-refractivity contribution in [3.63, 3.8) is 0 Å². The number of hydrogen-bond acceptors (Lipinski definition) is 11. The van der Waals surface area contributed by atoms with Gasteiger partial charge in [0.1, 0.15) is 10.4 Å². The Hall–Kier alpha value is -3.21. The highest BCUT2D eigenvalue weighted by Crippen LogP contribution is 2.44. The molecule has 3 aliphatic heterocycles. The average Bonchev–Trinajstić information content (AvgIpc) is 3.66. The number of hydrogen-bond donors (Lipinski definition) is 2. The van der Waals surface area contributed by atoms with Gasteiger partial charge in [0.05, 0.1) is 57.6 Å². The second kappa shape index (κ2) is 9.68. The lowest BCUT2D eigenvalue weighted by molar-refractivity contribution is -0.137. The molecule has 4 aliphatic rings. The number of fused-ring (bicyclic) bond motifs is 2. The normalized spacial score (nSPS) is 20.7. The molecule has 3 aromatic rings. The number of thiophene rings is 1. The van der Waals surface area contributed by atoms with Crippen LogP contribution < -0.4 is 10.6 Å². The Morgan fingerprint density at radius 3 is 2.66 bits per heavy atom. The summed E-state index contributed by atoms with van der Waals surface area (Å²) in [5.74, 6) is -0.419. The quantitative estimate of drug-likeness (QED) is 0.445. The molecular formula is C25H24F3N7O4S2. The number of halogens is 3. The van der Waals surface area contributed by atoms with Crippen LogP contribution in [0.15, 0.2) is 17.2 Å². The molecule has 16 heteroatoms. The predicted octanol–water partition coefficient (Wildman–Crippen LogP) is 2.91. The van der Waals surface area contributed by atoms with E-state index in [0.717, 1.165) is 42.5 Å². The lowest BCUT2D eigenvalue weighted by Gasteiger charge is -2.36. The van der Waals surface area contributed by atoms with Gasteiger partial charge in [0.15, 0.2) is 15.7 Å². The molecule has 41 heavy (non-hydrogen) atoms. The summed E-state index contributed by atoms with van der Waals surface area (Å²) in [5, 5.41) is 6.24. The van der Waals surface area contributed by atoms with Crippen LogP contribution in [0.4, 0.5) is 24.9 Å². The summed E-state index contributed by atoms with van der Waals surface area (Å²) in [5.41, 5.74) is 0.717. The molecule has 11 nitrogen and oxygen atoms in total. The van der Waals surface area contributed by atoms with Crippen LogP contribution in [0.2, 0.25) is 0 Å². The minimum atomic E-state index is -4.83. The van der Waals surface area contributed by atoms with Gasteiger partial charge >= 0.3 is 6.18 Å². The van der Waals surface area contributed by atoms with E-state index in [2.05, 4.69) is 20.6 Å². The smallest absolute Gasteiger partial charge is 0.377 e. The van der Waals surface area contributed by atoms with Gasteiger partial charge in [-0.1, -0.05) is 0 Å². The maximum absolute atomic E-state index is 14.1. The molecule has 2 fully saturated rings. The molecule has 7 rings (SSSR count). The summed E-state index contributed by atoms with van der Waals surface area (Å²) >= 11 is 0.686. The Labute approximate surface area is 236 Å². The van der Waals surface area contributed by atoms with Crippen LogP contribution in [0.25, 0.3) is 10.6 Å². The largest absolute Gasteiger partial charge is 0.420 e. The van der Waals surface area contributed by atoms with E-state index >= 15 is 0 Å². The minimum Gasteiger partial charge on any atom is -0.377 e. The number of nitrogens with one attached hydrogen (secondary N) is 2. The Morgan fingerprint density at radius 2 is 1.95 bits per heavy atom. The second-order valence-corrected chi connectivity index (χ2v) is 13.6. The molecule has 0 spiro atoms. The molecule has 216 valence electrons. The third-order valence-electron chi connectivity index (χ3n) is 7.58. The van der Waals surface area contributed by atoms with E-state index in [9.17, 15) is 26.4 Å². The Balaban J connectivity index is 1.31. The minimum absolute atomic E-state index is 0.0114. The van der Waals surface area contributed by atoms with Crippen LogP contribution in [0.1, 0.15) is 51.1 Å². The van der Waals surface area contributed by atoms with Crippen LogP contribution in [-0.4, -0.2) is 77.3 Å². The fraction of sp³-hybridized carbons (Fsp3) is 0.480. The first-order valence-corrected chi connectivity index (χ1v) is 15.6. The monoisotopic (exact) mass is 607 g/mol. The standard InChI is InChI=1S/C25H24F3N7O4S2/c26-25(27,28)14-8-30-24(34-22-19(12-1-2-12)31-16-9-29-4-3-15(16)32-22)33-20(14)17-7-18-21(40-17)23(36)35(13-10-39-11-13)5-6-41(18,37)38/h7-8,12-13,29H,1-6,9-11H2,(H,30,32,33,34). The highest BCUT2D eigenvalue weighted by atomic mass is 32.2. The van der Waals surface area contributed by atoms with Gasteiger partial charge in [-0.2, -0.15) is 13.2 Å². The van der Waals surface area contributed by atoms with Crippen molar-refractivity contribution in [2.24, 2.45) is 0 Å². The molecule has 0 bridgehead atoms. The highest BCUT2D eigenvalue weighted by molar-refractivity contribution is 7.91. The number of ether oxygens (including phenoxy) is 1. The Bertz CT molecular complexity index is 1670. The number of nitrogens with zero attached hydrogens (tertiary/aromatic N) is 5. The molecule has 2 N–H and O–H groups in total. The zero-order valence-corrected chi connectivity index (χ0v) is 23.1. The fourth-order valence-electron chi connectivity index (χ4n) is 5.13. The number of amides is 1. The number of carbonyl (C=O) groups is 1. The number of rotatable bonds is 5. The van der Waals surface area contributed by atoms with Crippen molar-refractivity contribution in [2.45, 2.75) is 48.8 Å². The van der Waals surface area contributed by atoms with Crippen molar-refractivity contribution in [1.82, 2.24) is 30.2 Å². The summed E-state index contributed by atoms with van der Waals surface area (Å²) < 4.78 is 73.7. The third kappa shape index (κ3) is 4.85. The average molecular weight is 608 g/mol. The van der Waals surface area contributed by atoms with Crippen molar-refractivity contribution >= 4 is 38.8 Å². The van der Waals surface area contributed by atoms with Crippen molar-refractivity contribution in [1.29, 1.82) is 0 Å². The second-order valence-electron chi connectivity index (χ2n) is 10.4. The van der Waals surface area contributed by atoms with Gasteiger partial charge in [-0.3, -0.25) is 9.78 Å². The van der Waals surface area contributed by atoms with Crippen LogP contribution in [-0.2, 0) is 33.7 Å². The zero-order chi connectivity index (χ0) is 28.5. The number of sulfone groups is 1. The SMILES string of the molecule is O=C1c2sc(-c3nc(Nc4nc5c(nc4C4CC4)CNCC5)ncc3C(F)(F)F)cc2S(=O)(=O)CCN1C1COC1. The van der Waals surface area contributed by atoms with Gasteiger partial charge < -0.3 is 20.3 Å². The molecule has 0 atom stereocenters.